The molecule has 1 aromatic heterocycles. The molecule has 3 rings (SSSR count). The van der Waals surface area contributed by atoms with Crippen LogP contribution in [0.25, 0.3) is 0 Å². The SMILES string of the molecule is Cc1ccc(Cl)cc1N1CCN(C(=O)c2ccc(C(=O)N(C)C)nc2C)CC1. The maximum Gasteiger partial charge on any atom is 0.271 e. The molecule has 148 valence electrons. The zero-order valence-electron chi connectivity index (χ0n) is 16.7. The van der Waals surface area contributed by atoms with Crippen molar-refractivity contribution in [2.75, 3.05) is 45.2 Å². The highest BCUT2D eigenvalue weighted by Crippen LogP contribution is 2.25. The van der Waals surface area contributed by atoms with Crippen molar-refractivity contribution in [3.63, 3.8) is 0 Å². The molecule has 2 aromatic rings. The molecule has 28 heavy (non-hydrogen) atoms. The number of carbonyl (C=O) groups is 2. The van der Waals surface area contributed by atoms with Gasteiger partial charge in [-0.2, -0.15) is 0 Å². The minimum Gasteiger partial charge on any atom is -0.368 e. The third-order valence-corrected chi connectivity index (χ3v) is 5.26. The second kappa shape index (κ2) is 8.19. The first-order valence-electron chi connectivity index (χ1n) is 9.27. The Morgan fingerprint density at radius 1 is 1.04 bits per heavy atom. The van der Waals surface area contributed by atoms with Gasteiger partial charge >= 0.3 is 0 Å². The maximum atomic E-state index is 13.0. The van der Waals surface area contributed by atoms with E-state index in [1.165, 1.54) is 10.5 Å². The average Bonchev–Trinajstić information content (AvgIpc) is 2.68. The van der Waals surface area contributed by atoms with Crippen molar-refractivity contribution < 1.29 is 9.59 Å². The predicted molar refractivity (Wildman–Crippen MR) is 111 cm³/mol. The zero-order valence-corrected chi connectivity index (χ0v) is 17.5. The minimum atomic E-state index is -0.174. The van der Waals surface area contributed by atoms with Crippen molar-refractivity contribution in [1.29, 1.82) is 0 Å². The Morgan fingerprint density at radius 3 is 2.32 bits per heavy atom. The Balaban J connectivity index is 1.70. The average molecular weight is 401 g/mol. The first-order valence-corrected chi connectivity index (χ1v) is 9.65. The molecular formula is C21H25ClN4O2. The van der Waals surface area contributed by atoms with Gasteiger partial charge in [-0.15, -0.1) is 0 Å². The van der Waals surface area contributed by atoms with E-state index in [4.69, 9.17) is 11.6 Å². The molecule has 0 unspecified atom stereocenters. The number of aromatic nitrogens is 1. The molecule has 1 aromatic carbocycles. The smallest absolute Gasteiger partial charge is 0.271 e. The summed E-state index contributed by atoms with van der Waals surface area (Å²) < 4.78 is 0. The van der Waals surface area contributed by atoms with E-state index >= 15 is 0 Å². The van der Waals surface area contributed by atoms with Gasteiger partial charge in [0.05, 0.1) is 11.3 Å². The summed E-state index contributed by atoms with van der Waals surface area (Å²) in [4.78, 5) is 34.9. The van der Waals surface area contributed by atoms with Gasteiger partial charge in [-0.1, -0.05) is 17.7 Å². The fourth-order valence-electron chi connectivity index (χ4n) is 3.38. The molecule has 1 aliphatic heterocycles. The van der Waals surface area contributed by atoms with Crippen molar-refractivity contribution in [1.82, 2.24) is 14.8 Å². The predicted octanol–water partition coefficient (Wildman–Crippen LogP) is 3.02. The standard InChI is InChI=1S/C21H25ClN4O2/c1-14-5-6-16(22)13-19(14)25-9-11-26(12-10-25)20(27)17-7-8-18(23-15(17)2)21(28)24(3)4/h5-8,13H,9-12H2,1-4H3. The lowest BCUT2D eigenvalue weighted by Gasteiger charge is -2.37. The summed E-state index contributed by atoms with van der Waals surface area (Å²) in [6, 6.07) is 9.20. The van der Waals surface area contributed by atoms with E-state index < -0.39 is 0 Å². The number of rotatable bonds is 3. The van der Waals surface area contributed by atoms with E-state index in [1.54, 1.807) is 33.2 Å². The van der Waals surface area contributed by atoms with Gasteiger partial charge in [-0.25, -0.2) is 4.98 Å². The third kappa shape index (κ3) is 4.12. The zero-order chi connectivity index (χ0) is 20.4. The van der Waals surface area contributed by atoms with E-state index in [-0.39, 0.29) is 11.8 Å². The van der Waals surface area contributed by atoms with Gasteiger partial charge in [0.1, 0.15) is 5.69 Å². The summed E-state index contributed by atoms with van der Waals surface area (Å²) in [5.74, 6) is -0.219. The van der Waals surface area contributed by atoms with Gasteiger partial charge in [-0.05, 0) is 43.7 Å². The second-order valence-electron chi connectivity index (χ2n) is 7.24. The molecule has 0 atom stereocenters. The number of anilines is 1. The normalized spacial score (nSPS) is 14.2. The topological polar surface area (TPSA) is 56.8 Å². The van der Waals surface area contributed by atoms with Crippen LogP contribution in [0.3, 0.4) is 0 Å². The Hall–Kier alpha value is -2.60. The number of carbonyl (C=O) groups excluding carboxylic acids is 2. The third-order valence-electron chi connectivity index (χ3n) is 5.02. The summed E-state index contributed by atoms with van der Waals surface area (Å²) in [7, 11) is 3.36. The number of halogens is 1. The first-order chi connectivity index (χ1) is 13.3. The molecule has 0 radical (unpaired) electrons. The molecular weight excluding hydrogens is 376 g/mol. The number of hydrogen-bond acceptors (Lipinski definition) is 4. The second-order valence-corrected chi connectivity index (χ2v) is 7.68. The number of aryl methyl sites for hydroxylation is 2. The van der Waals surface area contributed by atoms with E-state index in [0.717, 1.165) is 18.8 Å². The molecule has 7 heteroatoms. The van der Waals surface area contributed by atoms with Crippen LogP contribution in [0.1, 0.15) is 32.1 Å². The number of nitrogens with zero attached hydrogens (tertiary/aromatic N) is 4. The highest BCUT2D eigenvalue weighted by atomic mass is 35.5. The van der Waals surface area contributed by atoms with Crippen molar-refractivity contribution >= 4 is 29.1 Å². The summed E-state index contributed by atoms with van der Waals surface area (Å²) in [5, 5.41) is 0.716. The number of benzene rings is 1. The van der Waals surface area contributed by atoms with Crippen LogP contribution in [0.2, 0.25) is 5.02 Å². The summed E-state index contributed by atoms with van der Waals surface area (Å²) in [6.45, 7) is 6.58. The van der Waals surface area contributed by atoms with Gasteiger partial charge in [-0.3, -0.25) is 9.59 Å². The highest BCUT2D eigenvalue weighted by molar-refractivity contribution is 6.30. The fourth-order valence-corrected chi connectivity index (χ4v) is 3.55. The van der Waals surface area contributed by atoms with Crippen LogP contribution in [0, 0.1) is 13.8 Å². The van der Waals surface area contributed by atoms with Crippen LogP contribution in [0.4, 0.5) is 5.69 Å². The monoisotopic (exact) mass is 400 g/mol. The molecule has 0 bridgehead atoms. The molecule has 1 fully saturated rings. The molecule has 1 aliphatic rings. The van der Waals surface area contributed by atoms with Crippen LogP contribution in [-0.4, -0.2) is 66.9 Å². The largest absolute Gasteiger partial charge is 0.368 e. The van der Waals surface area contributed by atoms with Crippen molar-refractivity contribution in [3.05, 3.63) is 57.9 Å². The van der Waals surface area contributed by atoms with Crippen LogP contribution in [0.5, 0.6) is 0 Å². The molecule has 2 amide bonds. The summed E-state index contributed by atoms with van der Waals surface area (Å²) in [6.07, 6.45) is 0. The lowest BCUT2D eigenvalue weighted by atomic mass is 10.1. The number of hydrogen-bond donors (Lipinski definition) is 0. The van der Waals surface area contributed by atoms with Crippen LogP contribution in [0.15, 0.2) is 30.3 Å². The van der Waals surface area contributed by atoms with E-state index in [9.17, 15) is 9.59 Å². The summed E-state index contributed by atoms with van der Waals surface area (Å²) in [5.41, 5.74) is 3.75. The quantitative estimate of drug-likeness (QED) is 0.794. The van der Waals surface area contributed by atoms with E-state index in [0.29, 0.717) is 35.1 Å². The van der Waals surface area contributed by atoms with Crippen molar-refractivity contribution in [3.8, 4) is 0 Å². The van der Waals surface area contributed by atoms with Gasteiger partial charge < -0.3 is 14.7 Å². The minimum absolute atomic E-state index is 0.0451. The number of piperazine rings is 1. The summed E-state index contributed by atoms with van der Waals surface area (Å²) >= 11 is 6.14. The molecule has 0 saturated carbocycles. The molecule has 1 saturated heterocycles. The van der Waals surface area contributed by atoms with Crippen molar-refractivity contribution in [2.45, 2.75) is 13.8 Å². The van der Waals surface area contributed by atoms with E-state index in [2.05, 4.69) is 16.8 Å². The van der Waals surface area contributed by atoms with Gasteiger partial charge in [0.2, 0.25) is 0 Å². The number of pyridine rings is 1. The molecule has 0 N–H and O–H groups in total. The fraction of sp³-hybridized carbons (Fsp3) is 0.381. The van der Waals surface area contributed by atoms with Crippen LogP contribution >= 0.6 is 11.6 Å². The first kappa shape index (κ1) is 20.1. The van der Waals surface area contributed by atoms with E-state index in [1.807, 2.05) is 23.1 Å². The Labute approximate surface area is 170 Å². The van der Waals surface area contributed by atoms with Gasteiger partial charge in [0, 0.05) is 51.0 Å². The van der Waals surface area contributed by atoms with Gasteiger partial charge in [0.15, 0.2) is 0 Å². The van der Waals surface area contributed by atoms with Gasteiger partial charge in [0.25, 0.3) is 11.8 Å². The molecule has 0 spiro atoms. The number of amides is 2. The van der Waals surface area contributed by atoms with Crippen molar-refractivity contribution in [2.24, 2.45) is 0 Å². The molecule has 0 aliphatic carbocycles. The lowest BCUT2D eigenvalue weighted by Crippen LogP contribution is -2.49. The Kier molecular flexibility index (Phi) is 5.89. The Morgan fingerprint density at radius 2 is 1.71 bits per heavy atom. The Bertz CT molecular complexity index is 905. The lowest BCUT2D eigenvalue weighted by molar-refractivity contribution is 0.0743. The molecule has 2 heterocycles. The maximum absolute atomic E-state index is 13.0. The van der Waals surface area contributed by atoms with Crippen LogP contribution in [-0.2, 0) is 0 Å². The van der Waals surface area contributed by atoms with Crippen LogP contribution < -0.4 is 4.90 Å². The molecule has 6 nitrogen and oxygen atoms in total. The highest BCUT2D eigenvalue weighted by Gasteiger charge is 2.25.